The Morgan fingerprint density at radius 2 is 2.23 bits per heavy atom. The zero-order valence-corrected chi connectivity index (χ0v) is 7.50. The molecule has 2 rings (SSSR count). The summed E-state index contributed by atoms with van der Waals surface area (Å²) in [6.45, 7) is 0.572. The summed E-state index contributed by atoms with van der Waals surface area (Å²) in [7, 11) is 0. The predicted octanol–water partition coefficient (Wildman–Crippen LogP) is 2.50. The third-order valence-electron chi connectivity index (χ3n) is 2.16. The third-order valence-corrected chi connectivity index (χ3v) is 3.23. The topological polar surface area (TPSA) is 12.0 Å². The summed E-state index contributed by atoms with van der Waals surface area (Å²) < 4.78 is 37.4. The molecule has 2 heterocycles. The van der Waals surface area contributed by atoms with Crippen LogP contribution in [0.15, 0.2) is 11.4 Å². The van der Waals surface area contributed by atoms with Crippen molar-refractivity contribution >= 4 is 11.3 Å². The van der Waals surface area contributed by atoms with Crippen LogP contribution in [0.2, 0.25) is 0 Å². The van der Waals surface area contributed by atoms with Crippen LogP contribution in [-0.2, 0) is 6.54 Å². The third kappa shape index (κ3) is 1.58. The second-order valence-electron chi connectivity index (χ2n) is 3.04. The van der Waals surface area contributed by atoms with Gasteiger partial charge in [-0.15, -0.1) is 11.3 Å². The van der Waals surface area contributed by atoms with Gasteiger partial charge in [0.05, 0.1) is 0 Å². The van der Waals surface area contributed by atoms with E-state index in [-0.39, 0.29) is 6.54 Å². The quantitative estimate of drug-likeness (QED) is 0.689. The monoisotopic (exact) mass is 207 g/mol. The summed E-state index contributed by atoms with van der Waals surface area (Å²) in [5.41, 5.74) is 0.790. The maximum absolute atomic E-state index is 12.5. The summed E-state index contributed by atoms with van der Waals surface area (Å²) in [6, 6.07) is 1.75. The number of thiophene rings is 1. The standard InChI is InChI=1S/C8H8F3NS/c9-8(10,11)6-4-12-3-5-1-2-13-7(5)6/h1-2,6,12H,3-4H2. The molecule has 1 nitrogen and oxygen atoms in total. The molecular weight excluding hydrogens is 199 g/mol. The first-order chi connectivity index (χ1) is 6.09. The van der Waals surface area contributed by atoms with Crippen LogP contribution in [0.3, 0.4) is 0 Å². The van der Waals surface area contributed by atoms with Gasteiger partial charge < -0.3 is 5.32 Å². The molecule has 0 radical (unpaired) electrons. The van der Waals surface area contributed by atoms with Gasteiger partial charge in [-0.25, -0.2) is 0 Å². The molecule has 13 heavy (non-hydrogen) atoms. The van der Waals surface area contributed by atoms with E-state index < -0.39 is 12.1 Å². The van der Waals surface area contributed by atoms with Gasteiger partial charge in [-0.3, -0.25) is 0 Å². The Hall–Kier alpha value is -0.550. The van der Waals surface area contributed by atoms with Gasteiger partial charge in [0.25, 0.3) is 0 Å². The summed E-state index contributed by atoms with van der Waals surface area (Å²) in [6.07, 6.45) is -4.12. The molecule has 0 aromatic carbocycles. The first kappa shape index (κ1) is 9.02. The Morgan fingerprint density at radius 3 is 2.92 bits per heavy atom. The van der Waals surface area contributed by atoms with Crippen LogP contribution in [0, 0.1) is 0 Å². The molecule has 72 valence electrons. The molecule has 1 unspecified atom stereocenters. The van der Waals surface area contributed by atoms with E-state index in [0.29, 0.717) is 11.4 Å². The summed E-state index contributed by atoms with van der Waals surface area (Å²) >= 11 is 1.20. The van der Waals surface area contributed by atoms with E-state index in [2.05, 4.69) is 5.32 Å². The van der Waals surface area contributed by atoms with Crippen molar-refractivity contribution in [2.45, 2.75) is 18.6 Å². The van der Waals surface area contributed by atoms with Gasteiger partial charge in [-0.2, -0.15) is 13.2 Å². The largest absolute Gasteiger partial charge is 0.397 e. The highest BCUT2D eigenvalue weighted by molar-refractivity contribution is 7.10. The van der Waals surface area contributed by atoms with E-state index >= 15 is 0 Å². The Labute approximate surface area is 77.6 Å². The highest BCUT2D eigenvalue weighted by Crippen LogP contribution is 2.40. The van der Waals surface area contributed by atoms with Crippen molar-refractivity contribution in [3.05, 3.63) is 21.9 Å². The number of fused-ring (bicyclic) bond motifs is 1. The normalized spacial score (nSPS) is 22.8. The minimum atomic E-state index is -4.12. The maximum atomic E-state index is 12.5. The lowest BCUT2D eigenvalue weighted by Gasteiger charge is -2.25. The first-order valence-electron chi connectivity index (χ1n) is 3.93. The smallest absolute Gasteiger partial charge is 0.312 e. The highest BCUT2D eigenvalue weighted by atomic mass is 32.1. The molecule has 0 saturated heterocycles. The molecular formula is C8H8F3NS. The van der Waals surface area contributed by atoms with Crippen molar-refractivity contribution in [3.63, 3.8) is 0 Å². The van der Waals surface area contributed by atoms with Crippen molar-refractivity contribution in [2.24, 2.45) is 0 Å². The number of rotatable bonds is 0. The lowest BCUT2D eigenvalue weighted by Crippen LogP contribution is -2.35. The van der Waals surface area contributed by atoms with E-state index in [4.69, 9.17) is 0 Å². The number of nitrogens with one attached hydrogen (secondary N) is 1. The van der Waals surface area contributed by atoms with Crippen LogP contribution in [0.5, 0.6) is 0 Å². The van der Waals surface area contributed by atoms with Crippen LogP contribution in [0.4, 0.5) is 13.2 Å². The second kappa shape index (κ2) is 2.99. The van der Waals surface area contributed by atoms with E-state index in [9.17, 15) is 13.2 Å². The van der Waals surface area contributed by atoms with Crippen LogP contribution < -0.4 is 5.32 Å². The number of halogens is 3. The van der Waals surface area contributed by atoms with Gasteiger partial charge in [0.1, 0.15) is 5.92 Å². The fourth-order valence-corrected chi connectivity index (χ4v) is 2.56. The maximum Gasteiger partial charge on any atom is 0.397 e. The Balaban J connectivity index is 2.35. The molecule has 5 heteroatoms. The molecule has 0 saturated carbocycles. The Kier molecular flexibility index (Phi) is 2.08. The molecule has 1 atom stereocenters. The average molecular weight is 207 g/mol. The van der Waals surface area contributed by atoms with Gasteiger partial charge in [-0.1, -0.05) is 0 Å². The lowest BCUT2D eigenvalue weighted by molar-refractivity contribution is -0.150. The molecule has 1 aliphatic heterocycles. The van der Waals surface area contributed by atoms with Crippen LogP contribution >= 0.6 is 11.3 Å². The Morgan fingerprint density at radius 1 is 1.46 bits per heavy atom. The van der Waals surface area contributed by atoms with Crippen molar-refractivity contribution < 1.29 is 13.2 Å². The molecule has 0 fully saturated rings. The van der Waals surface area contributed by atoms with E-state index in [1.807, 2.05) is 0 Å². The lowest BCUT2D eigenvalue weighted by atomic mass is 10.00. The SMILES string of the molecule is FC(F)(F)C1CNCc2ccsc21. The molecule has 0 aliphatic carbocycles. The van der Waals surface area contributed by atoms with Crippen LogP contribution in [0.25, 0.3) is 0 Å². The molecule has 1 aliphatic rings. The van der Waals surface area contributed by atoms with E-state index in [0.717, 1.165) is 5.56 Å². The number of alkyl halides is 3. The summed E-state index contributed by atoms with van der Waals surface area (Å²) in [5, 5.41) is 4.49. The average Bonchev–Trinajstić information content (AvgIpc) is 2.48. The van der Waals surface area contributed by atoms with Crippen LogP contribution in [-0.4, -0.2) is 12.7 Å². The first-order valence-corrected chi connectivity index (χ1v) is 4.80. The van der Waals surface area contributed by atoms with E-state index in [1.54, 1.807) is 11.4 Å². The van der Waals surface area contributed by atoms with Gasteiger partial charge in [0.2, 0.25) is 0 Å². The van der Waals surface area contributed by atoms with E-state index in [1.165, 1.54) is 11.3 Å². The zero-order valence-electron chi connectivity index (χ0n) is 6.69. The minimum Gasteiger partial charge on any atom is -0.312 e. The Bertz CT molecular complexity index is 305. The predicted molar refractivity (Wildman–Crippen MR) is 44.8 cm³/mol. The summed E-state index contributed by atoms with van der Waals surface area (Å²) in [4.78, 5) is 0.478. The minimum absolute atomic E-state index is 0.0109. The fraction of sp³-hybridized carbons (Fsp3) is 0.500. The van der Waals surface area contributed by atoms with Crippen LogP contribution in [0.1, 0.15) is 16.4 Å². The number of hydrogen-bond acceptors (Lipinski definition) is 2. The van der Waals surface area contributed by atoms with Gasteiger partial charge in [0, 0.05) is 18.0 Å². The summed E-state index contributed by atoms with van der Waals surface area (Å²) in [5.74, 6) is -1.31. The fourth-order valence-electron chi connectivity index (χ4n) is 1.51. The molecule has 0 bridgehead atoms. The molecule has 0 spiro atoms. The van der Waals surface area contributed by atoms with Crippen molar-refractivity contribution in [3.8, 4) is 0 Å². The van der Waals surface area contributed by atoms with Crippen molar-refractivity contribution in [1.82, 2.24) is 5.32 Å². The van der Waals surface area contributed by atoms with Gasteiger partial charge in [0.15, 0.2) is 0 Å². The zero-order chi connectivity index (χ0) is 9.47. The second-order valence-corrected chi connectivity index (χ2v) is 3.98. The van der Waals surface area contributed by atoms with Crippen molar-refractivity contribution in [1.29, 1.82) is 0 Å². The molecule has 1 N–H and O–H groups in total. The molecule has 1 aromatic heterocycles. The highest BCUT2D eigenvalue weighted by Gasteiger charge is 2.43. The molecule has 0 amide bonds. The van der Waals surface area contributed by atoms with Gasteiger partial charge in [-0.05, 0) is 17.0 Å². The van der Waals surface area contributed by atoms with Gasteiger partial charge >= 0.3 is 6.18 Å². The van der Waals surface area contributed by atoms with Crippen molar-refractivity contribution in [2.75, 3.05) is 6.54 Å². The molecule has 1 aromatic rings. The number of hydrogen-bond donors (Lipinski definition) is 1.